The van der Waals surface area contributed by atoms with Gasteiger partial charge in [0, 0.05) is 17.5 Å². The van der Waals surface area contributed by atoms with E-state index in [1.165, 1.54) is 12.1 Å². The zero-order valence-electron chi connectivity index (χ0n) is 17.0. The van der Waals surface area contributed by atoms with Crippen LogP contribution in [0.3, 0.4) is 0 Å². The number of aromatic nitrogens is 3. The third-order valence-corrected chi connectivity index (χ3v) is 5.29. The third kappa shape index (κ3) is 3.46. The smallest absolute Gasteiger partial charge is 0.417 e. The number of methoxy groups -OCH3 is 1. The average molecular weight is 418 g/mol. The first-order chi connectivity index (χ1) is 15.0. The summed E-state index contributed by atoms with van der Waals surface area (Å²) in [5.41, 5.74) is 3.79. The normalized spacial score (nSPS) is 13.3. The first-order valence-electron chi connectivity index (χ1n) is 9.77. The highest BCUT2D eigenvalue weighted by Crippen LogP contribution is 2.31. The Bertz CT molecular complexity index is 1280. The largest absolute Gasteiger partial charge is 0.497 e. The zero-order valence-corrected chi connectivity index (χ0v) is 17.0. The number of carbonyl (C=O) groups excluding carboxylic acids is 1. The Morgan fingerprint density at radius 1 is 1.13 bits per heavy atom. The van der Waals surface area contributed by atoms with Crippen LogP contribution in [0.5, 0.6) is 11.6 Å². The number of halogens is 1. The summed E-state index contributed by atoms with van der Waals surface area (Å²) in [6, 6.07) is 15.5. The highest BCUT2D eigenvalue weighted by Gasteiger charge is 2.28. The summed E-state index contributed by atoms with van der Waals surface area (Å²) in [4.78, 5) is 18.8. The number of aryl methyl sites for hydroxylation is 1. The lowest BCUT2D eigenvalue weighted by atomic mass is 10.1. The number of rotatable bonds is 4. The van der Waals surface area contributed by atoms with Crippen molar-refractivity contribution < 1.29 is 18.7 Å². The van der Waals surface area contributed by atoms with E-state index in [9.17, 15) is 9.18 Å². The second-order valence-electron chi connectivity index (χ2n) is 7.37. The highest BCUT2D eigenvalue weighted by molar-refractivity contribution is 5.83. The second kappa shape index (κ2) is 7.39. The summed E-state index contributed by atoms with van der Waals surface area (Å²) in [5, 5.41) is 5.40. The van der Waals surface area contributed by atoms with Crippen molar-refractivity contribution in [2.45, 2.75) is 20.0 Å². The Morgan fingerprint density at radius 2 is 1.87 bits per heavy atom. The molecule has 0 bridgehead atoms. The summed E-state index contributed by atoms with van der Waals surface area (Å²) < 4.78 is 25.7. The number of nitrogens with zero attached hydrogens (tertiary/aromatic N) is 4. The van der Waals surface area contributed by atoms with Crippen LogP contribution in [0.25, 0.3) is 16.7 Å². The number of ether oxygens (including phenoxy) is 2. The van der Waals surface area contributed by atoms with Gasteiger partial charge in [0.1, 0.15) is 11.6 Å². The molecule has 0 atom stereocenters. The average Bonchev–Trinajstić information content (AvgIpc) is 3.09. The molecule has 156 valence electrons. The maximum Gasteiger partial charge on any atom is 0.417 e. The lowest BCUT2D eigenvalue weighted by Gasteiger charge is -2.27. The van der Waals surface area contributed by atoms with Crippen LogP contribution in [-0.4, -0.2) is 32.9 Å². The Balaban J connectivity index is 1.48. The molecule has 0 aliphatic carbocycles. The lowest BCUT2D eigenvalue weighted by molar-refractivity contribution is 0.133. The van der Waals surface area contributed by atoms with Crippen LogP contribution in [0, 0.1) is 12.7 Å². The minimum atomic E-state index is -0.459. The van der Waals surface area contributed by atoms with Gasteiger partial charge in [-0.3, -0.25) is 4.90 Å². The number of carbonyl (C=O) groups is 1. The van der Waals surface area contributed by atoms with E-state index in [0.29, 0.717) is 24.4 Å². The molecule has 0 spiro atoms. The van der Waals surface area contributed by atoms with Crippen molar-refractivity contribution in [2.75, 3.05) is 7.11 Å². The molecule has 0 saturated heterocycles. The minimum Gasteiger partial charge on any atom is -0.497 e. The van der Waals surface area contributed by atoms with Gasteiger partial charge in [-0.25, -0.2) is 13.9 Å². The molecular formula is C23H19FN4O3. The fourth-order valence-electron chi connectivity index (χ4n) is 3.66. The molecule has 5 rings (SSSR count). The van der Waals surface area contributed by atoms with Gasteiger partial charge in [0.15, 0.2) is 5.65 Å². The number of pyridine rings is 1. The van der Waals surface area contributed by atoms with Crippen LogP contribution in [0.4, 0.5) is 9.18 Å². The van der Waals surface area contributed by atoms with Gasteiger partial charge in [0.25, 0.3) is 0 Å². The van der Waals surface area contributed by atoms with E-state index < -0.39 is 6.09 Å². The predicted octanol–water partition coefficient (Wildman–Crippen LogP) is 4.39. The Labute approximate surface area is 177 Å². The number of benzene rings is 2. The van der Waals surface area contributed by atoms with Crippen molar-refractivity contribution in [3.05, 3.63) is 77.2 Å². The number of hydrogen-bond acceptors (Lipinski definition) is 5. The van der Waals surface area contributed by atoms with Crippen LogP contribution in [0.2, 0.25) is 0 Å². The van der Waals surface area contributed by atoms with Crippen LogP contribution < -0.4 is 9.47 Å². The van der Waals surface area contributed by atoms with E-state index in [1.54, 1.807) is 28.8 Å². The molecule has 0 N–H and O–H groups in total. The van der Waals surface area contributed by atoms with Gasteiger partial charge in [-0.2, -0.15) is 10.1 Å². The molecular weight excluding hydrogens is 399 g/mol. The van der Waals surface area contributed by atoms with Crippen molar-refractivity contribution in [3.63, 3.8) is 0 Å². The molecule has 2 aromatic carbocycles. The molecule has 1 amide bonds. The summed E-state index contributed by atoms with van der Waals surface area (Å²) >= 11 is 0. The van der Waals surface area contributed by atoms with Gasteiger partial charge in [-0.15, -0.1) is 0 Å². The fourth-order valence-corrected chi connectivity index (χ4v) is 3.66. The third-order valence-electron chi connectivity index (χ3n) is 5.29. The van der Waals surface area contributed by atoms with Gasteiger partial charge in [-0.05, 0) is 55.0 Å². The monoisotopic (exact) mass is 418 g/mol. The van der Waals surface area contributed by atoms with Gasteiger partial charge in [0.05, 0.1) is 25.0 Å². The van der Waals surface area contributed by atoms with E-state index in [0.717, 1.165) is 28.0 Å². The first-order valence-corrected chi connectivity index (χ1v) is 9.77. The zero-order chi connectivity index (χ0) is 21.5. The number of hydrogen-bond donors (Lipinski definition) is 0. The van der Waals surface area contributed by atoms with Gasteiger partial charge in [0.2, 0.25) is 5.88 Å². The lowest BCUT2D eigenvalue weighted by Crippen LogP contribution is -2.36. The molecule has 31 heavy (non-hydrogen) atoms. The van der Waals surface area contributed by atoms with E-state index in [2.05, 4.69) is 10.1 Å². The number of fused-ring (bicyclic) bond motifs is 2. The maximum atomic E-state index is 13.3. The van der Waals surface area contributed by atoms with E-state index in [1.807, 2.05) is 37.3 Å². The molecule has 4 aromatic rings. The molecule has 1 aliphatic heterocycles. The summed E-state index contributed by atoms with van der Waals surface area (Å²) in [6.07, 6.45) is -0.459. The standard InChI is InChI=1S/C23H19FN4O3/c1-14-20-11-16-13-27(12-15-3-9-19(30-2)10-4-15)23(29)31-22(16)25-21(20)28(26-14)18-7-5-17(24)6-8-18/h3-11H,12-13H2,1-2H3. The predicted molar refractivity (Wildman–Crippen MR) is 112 cm³/mol. The molecule has 0 unspecified atom stereocenters. The van der Waals surface area contributed by atoms with Crippen molar-refractivity contribution in [1.82, 2.24) is 19.7 Å². The minimum absolute atomic E-state index is 0.270. The fraction of sp³-hybridized carbons (Fsp3) is 0.174. The van der Waals surface area contributed by atoms with E-state index in [4.69, 9.17) is 9.47 Å². The van der Waals surface area contributed by atoms with Crippen LogP contribution in [-0.2, 0) is 13.1 Å². The molecule has 0 fully saturated rings. The molecule has 2 aromatic heterocycles. The van der Waals surface area contributed by atoms with Gasteiger partial charge < -0.3 is 9.47 Å². The van der Waals surface area contributed by atoms with Gasteiger partial charge >= 0.3 is 6.09 Å². The Kier molecular flexibility index (Phi) is 4.54. The Morgan fingerprint density at radius 3 is 2.58 bits per heavy atom. The summed E-state index contributed by atoms with van der Waals surface area (Å²) in [6.45, 7) is 2.68. The van der Waals surface area contributed by atoms with Gasteiger partial charge in [-0.1, -0.05) is 12.1 Å². The van der Waals surface area contributed by atoms with E-state index >= 15 is 0 Å². The number of amides is 1. The van der Waals surface area contributed by atoms with Crippen molar-refractivity contribution in [3.8, 4) is 17.3 Å². The van der Waals surface area contributed by atoms with Crippen molar-refractivity contribution in [2.24, 2.45) is 0 Å². The molecule has 0 radical (unpaired) electrons. The molecule has 7 nitrogen and oxygen atoms in total. The maximum absolute atomic E-state index is 13.3. The first kappa shape index (κ1) is 19.0. The topological polar surface area (TPSA) is 69.5 Å². The van der Waals surface area contributed by atoms with Crippen LogP contribution in [0.15, 0.2) is 54.6 Å². The van der Waals surface area contributed by atoms with Crippen LogP contribution >= 0.6 is 0 Å². The summed E-state index contributed by atoms with van der Waals surface area (Å²) in [5.74, 6) is 0.704. The Hall–Kier alpha value is -3.94. The van der Waals surface area contributed by atoms with Crippen LogP contribution in [0.1, 0.15) is 16.8 Å². The SMILES string of the molecule is COc1ccc(CN2Cc3cc4c(C)nn(-c5ccc(F)cc5)c4nc3OC2=O)cc1. The highest BCUT2D eigenvalue weighted by atomic mass is 19.1. The van der Waals surface area contributed by atoms with E-state index in [-0.39, 0.29) is 11.7 Å². The summed E-state index contributed by atoms with van der Waals surface area (Å²) in [7, 11) is 1.61. The molecule has 1 aliphatic rings. The van der Waals surface area contributed by atoms with Crippen molar-refractivity contribution >= 4 is 17.1 Å². The quantitative estimate of drug-likeness (QED) is 0.492. The molecule has 8 heteroatoms. The second-order valence-corrected chi connectivity index (χ2v) is 7.37. The van der Waals surface area contributed by atoms with Crippen molar-refractivity contribution in [1.29, 1.82) is 0 Å². The molecule has 0 saturated carbocycles. The molecule has 3 heterocycles.